The molecule has 0 saturated heterocycles. The predicted octanol–water partition coefficient (Wildman–Crippen LogP) is 3.88. The molecule has 0 saturated carbocycles. The molecule has 0 bridgehead atoms. The molecule has 0 spiro atoms. The van der Waals surface area contributed by atoms with Gasteiger partial charge >= 0.3 is 11.9 Å². The largest absolute Gasteiger partial charge is 0.462 e. The Bertz CT molecular complexity index is 625. The Balaban J connectivity index is 3.09. The van der Waals surface area contributed by atoms with E-state index in [9.17, 15) is 14.4 Å². The quantitative estimate of drug-likeness (QED) is 0.511. The van der Waals surface area contributed by atoms with Crippen molar-refractivity contribution in [2.75, 3.05) is 23.9 Å². The summed E-state index contributed by atoms with van der Waals surface area (Å²) in [6.45, 7) is 7.07. The van der Waals surface area contributed by atoms with Crippen LogP contribution in [0.4, 0.5) is 5.00 Å². The molecule has 0 aliphatic rings. The van der Waals surface area contributed by atoms with Crippen LogP contribution in [0.25, 0.3) is 0 Å². The van der Waals surface area contributed by atoms with E-state index in [2.05, 4.69) is 5.32 Å². The zero-order valence-electron chi connectivity index (χ0n) is 15.3. The van der Waals surface area contributed by atoms with Crippen molar-refractivity contribution in [3.8, 4) is 0 Å². The molecule has 1 amide bonds. The number of esters is 2. The molecule has 25 heavy (non-hydrogen) atoms. The third-order valence-electron chi connectivity index (χ3n) is 3.16. The van der Waals surface area contributed by atoms with Crippen LogP contribution < -0.4 is 5.32 Å². The Hall–Kier alpha value is -1.54. The molecule has 0 fully saturated rings. The van der Waals surface area contributed by atoms with E-state index < -0.39 is 11.9 Å². The van der Waals surface area contributed by atoms with E-state index in [1.807, 2.05) is 6.26 Å². The van der Waals surface area contributed by atoms with Crippen molar-refractivity contribution >= 4 is 45.9 Å². The smallest absolute Gasteiger partial charge is 0.348 e. The molecular formula is C17H25NO5S2. The van der Waals surface area contributed by atoms with Crippen molar-refractivity contribution in [2.45, 2.75) is 46.6 Å². The number of ether oxygens (including phenoxy) is 2. The number of thioether (sulfide) groups is 1. The molecule has 8 heteroatoms. The van der Waals surface area contributed by atoms with Gasteiger partial charge in [-0.15, -0.1) is 11.3 Å². The molecule has 6 nitrogen and oxygen atoms in total. The van der Waals surface area contributed by atoms with Gasteiger partial charge in [-0.05, 0) is 51.7 Å². The van der Waals surface area contributed by atoms with Crippen LogP contribution in [0.15, 0.2) is 0 Å². The molecule has 1 rings (SSSR count). The number of rotatable bonds is 9. The maximum atomic E-state index is 12.3. The van der Waals surface area contributed by atoms with Crippen LogP contribution in [0, 0.1) is 6.92 Å². The van der Waals surface area contributed by atoms with E-state index in [0.29, 0.717) is 21.9 Å². The van der Waals surface area contributed by atoms with Gasteiger partial charge in [0, 0.05) is 6.42 Å². The van der Waals surface area contributed by atoms with Crippen molar-refractivity contribution in [3.05, 3.63) is 16.0 Å². The lowest BCUT2D eigenvalue weighted by atomic mass is 10.1. The zero-order valence-corrected chi connectivity index (χ0v) is 16.9. The van der Waals surface area contributed by atoms with Crippen LogP contribution in [-0.4, -0.2) is 42.6 Å². The number of hydrogen-bond donors (Lipinski definition) is 1. The van der Waals surface area contributed by atoms with Gasteiger partial charge in [0.2, 0.25) is 5.91 Å². The first-order valence-corrected chi connectivity index (χ1v) is 10.3. The highest BCUT2D eigenvalue weighted by atomic mass is 32.2. The lowest BCUT2D eigenvalue weighted by Crippen LogP contribution is -2.15. The molecule has 0 aliphatic heterocycles. The van der Waals surface area contributed by atoms with E-state index in [1.165, 1.54) is 0 Å². The molecule has 0 aliphatic carbocycles. The summed E-state index contributed by atoms with van der Waals surface area (Å²) in [4.78, 5) is 36.9. The van der Waals surface area contributed by atoms with Gasteiger partial charge in [0.15, 0.2) is 0 Å². The van der Waals surface area contributed by atoms with Gasteiger partial charge in [0.05, 0.1) is 18.3 Å². The first kappa shape index (κ1) is 21.5. The minimum absolute atomic E-state index is 0.190. The summed E-state index contributed by atoms with van der Waals surface area (Å²) in [5.74, 6) is -0.372. The molecule has 140 valence electrons. The van der Waals surface area contributed by atoms with Crippen LogP contribution in [-0.2, 0) is 14.3 Å². The highest BCUT2D eigenvalue weighted by Crippen LogP contribution is 2.34. The second-order valence-corrected chi connectivity index (χ2v) is 7.59. The minimum atomic E-state index is -0.556. The standard InChI is InChI=1S/C17H25NO5S2/c1-6-22-16(20)13-11(4)14(17(21)23-10(2)3)25-15(13)18-12(19)8-7-9-24-5/h10H,6-9H2,1-5H3,(H,18,19). The number of carbonyl (C=O) groups excluding carboxylic acids is 3. The topological polar surface area (TPSA) is 81.7 Å². The third-order valence-corrected chi connectivity index (χ3v) is 5.04. The van der Waals surface area contributed by atoms with Crippen molar-refractivity contribution in [2.24, 2.45) is 0 Å². The highest BCUT2D eigenvalue weighted by molar-refractivity contribution is 7.98. The Labute approximate surface area is 156 Å². The number of thiophene rings is 1. The summed E-state index contributed by atoms with van der Waals surface area (Å²) in [5.41, 5.74) is 0.689. The van der Waals surface area contributed by atoms with E-state index in [-0.39, 0.29) is 24.2 Å². The second-order valence-electron chi connectivity index (χ2n) is 5.58. The average Bonchev–Trinajstić information content (AvgIpc) is 2.83. The van der Waals surface area contributed by atoms with Crippen molar-refractivity contribution in [1.29, 1.82) is 0 Å². The molecule has 0 atom stereocenters. The summed E-state index contributed by atoms with van der Waals surface area (Å²) >= 11 is 2.71. The molecule has 1 aromatic rings. The van der Waals surface area contributed by atoms with Gasteiger partial charge in [0.1, 0.15) is 9.88 Å². The predicted molar refractivity (Wildman–Crippen MR) is 102 cm³/mol. The van der Waals surface area contributed by atoms with Crippen LogP contribution in [0.3, 0.4) is 0 Å². The maximum absolute atomic E-state index is 12.3. The molecule has 0 radical (unpaired) electrons. The maximum Gasteiger partial charge on any atom is 0.348 e. The monoisotopic (exact) mass is 387 g/mol. The average molecular weight is 388 g/mol. The lowest BCUT2D eigenvalue weighted by Gasteiger charge is -2.07. The molecule has 1 aromatic heterocycles. The Morgan fingerprint density at radius 3 is 2.48 bits per heavy atom. The van der Waals surface area contributed by atoms with Gasteiger partial charge in [-0.25, -0.2) is 9.59 Å². The zero-order chi connectivity index (χ0) is 19.0. The highest BCUT2D eigenvalue weighted by Gasteiger charge is 2.27. The van der Waals surface area contributed by atoms with Crippen molar-refractivity contribution in [3.63, 3.8) is 0 Å². The number of hydrogen-bond acceptors (Lipinski definition) is 7. The van der Waals surface area contributed by atoms with Crippen LogP contribution in [0.2, 0.25) is 0 Å². The Morgan fingerprint density at radius 2 is 1.92 bits per heavy atom. The normalized spacial score (nSPS) is 10.6. The summed E-state index contributed by atoms with van der Waals surface area (Å²) in [6, 6.07) is 0. The Kier molecular flexibility index (Phi) is 8.99. The fourth-order valence-corrected chi connectivity index (χ4v) is 3.61. The first-order chi connectivity index (χ1) is 11.8. The van der Waals surface area contributed by atoms with Crippen LogP contribution >= 0.6 is 23.1 Å². The van der Waals surface area contributed by atoms with Gasteiger partial charge < -0.3 is 14.8 Å². The summed E-state index contributed by atoms with van der Waals surface area (Å²) in [6.07, 6.45) is 2.80. The summed E-state index contributed by atoms with van der Waals surface area (Å²) in [5, 5.41) is 3.07. The van der Waals surface area contributed by atoms with Crippen LogP contribution in [0.5, 0.6) is 0 Å². The fourth-order valence-electron chi connectivity index (χ4n) is 2.08. The van der Waals surface area contributed by atoms with E-state index in [4.69, 9.17) is 9.47 Å². The summed E-state index contributed by atoms with van der Waals surface area (Å²) in [7, 11) is 0. The van der Waals surface area contributed by atoms with Gasteiger partial charge in [-0.1, -0.05) is 0 Å². The van der Waals surface area contributed by atoms with Gasteiger partial charge in [0.25, 0.3) is 0 Å². The number of anilines is 1. The minimum Gasteiger partial charge on any atom is -0.462 e. The van der Waals surface area contributed by atoms with Crippen molar-refractivity contribution in [1.82, 2.24) is 0 Å². The second kappa shape index (κ2) is 10.5. The van der Waals surface area contributed by atoms with E-state index in [1.54, 1.807) is 39.5 Å². The molecule has 1 N–H and O–H groups in total. The molecule has 0 unspecified atom stereocenters. The summed E-state index contributed by atoms with van der Waals surface area (Å²) < 4.78 is 10.3. The van der Waals surface area contributed by atoms with Crippen LogP contribution in [0.1, 0.15) is 59.2 Å². The van der Waals surface area contributed by atoms with E-state index >= 15 is 0 Å². The lowest BCUT2D eigenvalue weighted by molar-refractivity contribution is -0.116. The molecular weight excluding hydrogens is 362 g/mol. The Morgan fingerprint density at radius 1 is 1.24 bits per heavy atom. The molecule has 0 aromatic carbocycles. The number of amides is 1. The number of nitrogens with one attached hydrogen (secondary N) is 1. The SMILES string of the molecule is CCOC(=O)c1c(NC(=O)CCCSC)sc(C(=O)OC(C)C)c1C. The number of carbonyl (C=O) groups is 3. The van der Waals surface area contributed by atoms with Gasteiger partial charge in [-0.2, -0.15) is 11.8 Å². The van der Waals surface area contributed by atoms with Gasteiger partial charge in [-0.3, -0.25) is 4.79 Å². The first-order valence-electron chi connectivity index (χ1n) is 8.12. The van der Waals surface area contributed by atoms with E-state index in [0.717, 1.165) is 23.5 Å². The fraction of sp³-hybridized carbons (Fsp3) is 0.588. The van der Waals surface area contributed by atoms with Crippen molar-refractivity contribution < 1.29 is 23.9 Å². The molecule has 1 heterocycles. The third kappa shape index (κ3) is 6.36.